The Morgan fingerprint density at radius 2 is 2.21 bits per heavy atom. The van der Waals surface area contributed by atoms with Gasteiger partial charge in [0.05, 0.1) is 0 Å². The van der Waals surface area contributed by atoms with Gasteiger partial charge in [0.15, 0.2) is 5.58 Å². The van der Waals surface area contributed by atoms with Crippen molar-refractivity contribution >= 4 is 28.5 Å². The van der Waals surface area contributed by atoms with Gasteiger partial charge in [-0.2, -0.15) is 0 Å². The molecule has 0 radical (unpaired) electrons. The van der Waals surface area contributed by atoms with Gasteiger partial charge in [0.2, 0.25) is 0 Å². The zero-order chi connectivity index (χ0) is 10.1. The minimum Gasteiger partial charge on any atom is -0.431 e. The van der Waals surface area contributed by atoms with Crippen LogP contribution in [0.1, 0.15) is 13.8 Å². The summed E-state index contributed by atoms with van der Waals surface area (Å²) in [5, 5.41) is 1.18. The highest BCUT2D eigenvalue weighted by Crippen LogP contribution is 2.27. The number of hydrogen-bond acceptors (Lipinski definition) is 4. The fourth-order valence-corrected chi connectivity index (χ4v) is 1.86. The van der Waals surface area contributed by atoms with E-state index in [2.05, 4.69) is 18.8 Å². The monoisotopic (exact) mass is 208 g/mol. The second kappa shape index (κ2) is 3.53. The molecule has 2 aromatic rings. The van der Waals surface area contributed by atoms with Crippen LogP contribution in [0.15, 0.2) is 27.8 Å². The van der Waals surface area contributed by atoms with Crippen molar-refractivity contribution in [3.05, 3.63) is 18.2 Å². The Hall–Kier alpha value is -1.16. The molecule has 4 heteroatoms. The minimum absolute atomic E-state index is 0.473. The van der Waals surface area contributed by atoms with Crippen LogP contribution < -0.4 is 5.73 Å². The summed E-state index contributed by atoms with van der Waals surface area (Å²) in [5.74, 6) is 0. The first-order chi connectivity index (χ1) is 6.65. The van der Waals surface area contributed by atoms with E-state index in [0.29, 0.717) is 16.2 Å². The molecular weight excluding hydrogens is 196 g/mol. The zero-order valence-corrected chi connectivity index (χ0v) is 8.97. The quantitative estimate of drug-likeness (QED) is 0.609. The van der Waals surface area contributed by atoms with E-state index in [0.717, 1.165) is 11.1 Å². The van der Waals surface area contributed by atoms with Crippen LogP contribution in [0.25, 0.3) is 11.1 Å². The molecule has 0 aliphatic carbocycles. The first-order valence-corrected chi connectivity index (χ1v) is 5.36. The van der Waals surface area contributed by atoms with Gasteiger partial charge in [-0.25, -0.2) is 4.98 Å². The third-order valence-corrected chi connectivity index (χ3v) is 2.58. The van der Waals surface area contributed by atoms with E-state index in [4.69, 9.17) is 10.2 Å². The van der Waals surface area contributed by atoms with Crippen molar-refractivity contribution < 1.29 is 4.42 Å². The van der Waals surface area contributed by atoms with Crippen molar-refractivity contribution in [2.45, 2.75) is 24.3 Å². The van der Waals surface area contributed by atoms with Gasteiger partial charge in [-0.05, 0) is 12.1 Å². The molecule has 1 aromatic heterocycles. The van der Waals surface area contributed by atoms with Gasteiger partial charge in [-0.3, -0.25) is 0 Å². The Kier molecular flexibility index (Phi) is 2.37. The van der Waals surface area contributed by atoms with E-state index in [1.165, 1.54) is 0 Å². The third-order valence-electron chi connectivity index (χ3n) is 1.73. The topological polar surface area (TPSA) is 52.0 Å². The molecule has 14 heavy (non-hydrogen) atoms. The molecule has 0 spiro atoms. The molecule has 2 rings (SSSR count). The Morgan fingerprint density at radius 1 is 1.43 bits per heavy atom. The summed E-state index contributed by atoms with van der Waals surface area (Å²) >= 11 is 1.61. The van der Waals surface area contributed by atoms with Gasteiger partial charge < -0.3 is 10.2 Å². The van der Waals surface area contributed by atoms with Gasteiger partial charge in [-0.1, -0.05) is 25.6 Å². The highest BCUT2D eigenvalue weighted by atomic mass is 32.2. The average Bonchev–Trinajstić information content (AvgIpc) is 2.44. The Morgan fingerprint density at radius 3 is 2.93 bits per heavy atom. The second-order valence-electron chi connectivity index (χ2n) is 3.37. The summed E-state index contributed by atoms with van der Waals surface area (Å²) in [7, 11) is 0. The van der Waals surface area contributed by atoms with Crippen LogP contribution in [0.3, 0.4) is 0 Å². The molecule has 0 bridgehead atoms. The number of nitrogens with zero attached hydrogens (tertiary/aromatic N) is 1. The normalized spacial score (nSPS) is 11.4. The lowest BCUT2D eigenvalue weighted by atomic mass is 10.3. The molecule has 74 valence electrons. The molecule has 0 unspecified atom stereocenters. The predicted octanol–water partition coefficient (Wildman–Crippen LogP) is 2.91. The number of fused-ring (bicyclic) bond motifs is 1. The van der Waals surface area contributed by atoms with E-state index in [1.54, 1.807) is 17.8 Å². The number of nitrogens with two attached hydrogens (primary N) is 1. The maximum Gasteiger partial charge on any atom is 0.256 e. The second-order valence-corrected chi connectivity index (χ2v) is 4.90. The van der Waals surface area contributed by atoms with Crippen molar-refractivity contribution in [3.8, 4) is 0 Å². The largest absolute Gasteiger partial charge is 0.431 e. The first-order valence-electron chi connectivity index (χ1n) is 4.48. The number of hydrogen-bond donors (Lipinski definition) is 1. The van der Waals surface area contributed by atoms with Crippen molar-refractivity contribution in [3.63, 3.8) is 0 Å². The summed E-state index contributed by atoms with van der Waals surface area (Å²) < 4.78 is 5.53. The van der Waals surface area contributed by atoms with Crippen LogP contribution >= 0.6 is 11.8 Å². The van der Waals surface area contributed by atoms with Crippen molar-refractivity contribution in [2.24, 2.45) is 0 Å². The summed E-state index contributed by atoms with van der Waals surface area (Å²) in [6, 6.07) is 5.50. The van der Waals surface area contributed by atoms with Crippen LogP contribution in [0, 0.1) is 0 Å². The summed E-state index contributed by atoms with van der Waals surface area (Å²) in [6.45, 7) is 4.21. The number of oxazole rings is 1. The van der Waals surface area contributed by atoms with E-state index < -0.39 is 0 Å². The standard InChI is InChI=1S/C10H12N2OS/c1-6(2)14-10-12-8-4-3-7(11)5-9(8)13-10/h3-6H,11H2,1-2H3. The van der Waals surface area contributed by atoms with Gasteiger partial charge >= 0.3 is 0 Å². The van der Waals surface area contributed by atoms with Crippen molar-refractivity contribution in [2.75, 3.05) is 5.73 Å². The fourth-order valence-electron chi connectivity index (χ4n) is 1.17. The number of anilines is 1. The van der Waals surface area contributed by atoms with E-state index >= 15 is 0 Å². The molecule has 0 saturated heterocycles. The molecule has 0 fully saturated rings. The number of nitrogen functional groups attached to an aromatic ring is 1. The molecule has 3 nitrogen and oxygen atoms in total. The van der Waals surface area contributed by atoms with Crippen LogP contribution in [-0.2, 0) is 0 Å². The molecule has 2 N–H and O–H groups in total. The van der Waals surface area contributed by atoms with Crippen LogP contribution in [0.4, 0.5) is 5.69 Å². The smallest absolute Gasteiger partial charge is 0.256 e. The number of thioether (sulfide) groups is 1. The van der Waals surface area contributed by atoms with E-state index in [1.807, 2.05) is 12.1 Å². The lowest BCUT2D eigenvalue weighted by Gasteiger charge is -1.96. The maximum absolute atomic E-state index is 5.64. The van der Waals surface area contributed by atoms with Crippen molar-refractivity contribution in [1.29, 1.82) is 0 Å². The Bertz CT molecular complexity index is 450. The lowest BCUT2D eigenvalue weighted by molar-refractivity contribution is 0.489. The molecule has 0 atom stereocenters. The first kappa shape index (κ1) is 9.40. The number of rotatable bonds is 2. The predicted molar refractivity (Wildman–Crippen MR) is 59.4 cm³/mol. The van der Waals surface area contributed by atoms with Gasteiger partial charge in [0.25, 0.3) is 5.22 Å². The molecule has 1 heterocycles. The molecule has 0 amide bonds. The number of benzene rings is 1. The number of aromatic nitrogens is 1. The van der Waals surface area contributed by atoms with Crippen molar-refractivity contribution in [1.82, 2.24) is 4.98 Å². The van der Waals surface area contributed by atoms with E-state index in [9.17, 15) is 0 Å². The van der Waals surface area contributed by atoms with Crippen LogP contribution in [0.2, 0.25) is 0 Å². The average molecular weight is 208 g/mol. The molecular formula is C10H12N2OS. The Labute approximate surface area is 86.7 Å². The van der Waals surface area contributed by atoms with Crippen LogP contribution in [0.5, 0.6) is 0 Å². The highest BCUT2D eigenvalue weighted by Gasteiger charge is 2.07. The molecule has 0 aliphatic heterocycles. The lowest BCUT2D eigenvalue weighted by Crippen LogP contribution is -1.84. The third kappa shape index (κ3) is 1.85. The minimum atomic E-state index is 0.473. The summed E-state index contributed by atoms with van der Waals surface area (Å²) in [4.78, 5) is 4.33. The van der Waals surface area contributed by atoms with E-state index in [-0.39, 0.29) is 0 Å². The maximum atomic E-state index is 5.64. The van der Waals surface area contributed by atoms with Gasteiger partial charge in [0, 0.05) is 17.0 Å². The van der Waals surface area contributed by atoms with Gasteiger partial charge in [-0.15, -0.1) is 0 Å². The van der Waals surface area contributed by atoms with Gasteiger partial charge in [0.1, 0.15) is 5.52 Å². The SMILES string of the molecule is CC(C)Sc1nc2ccc(N)cc2o1. The fraction of sp³-hybridized carbons (Fsp3) is 0.300. The summed E-state index contributed by atoms with van der Waals surface area (Å²) in [5.41, 5.74) is 7.96. The summed E-state index contributed by atoms with van der Waals surface area (Å²) in [6.07, 6.45) is 0. The van der Waals surface area contributed by atoms with Crippen LogP contribution in [-0.4, -0.2) is 10.2 Å². The molecule has 0 saturated carbocycles. The molecule has 0 aliphatic rings. The highest BCUT2D eigenvalue weighted by molar-refractivity contribution is 7.99. The Balaban J connectivity index is 2.41. The molecule has 1 aromatic carbocycles. The zero-order valence-electron chi connectivity index (χ0n) is 8.15.